The van der Waals surface area contributed by atoms with Crippen LogP contribution in [0.1, 0.15) is 25.3 Å². The first-order valence-corrected chi connectivity index (χ1v) is 11.4. The molecule has 0 fully saturated rings. The van der Waals surface area contributed by atoms with Crippen LogP contribution >= 0.6 is 0 Å². The molecule has 0 saturated heterocycles. The third-order valence-electron chi connectivity index (χ3n) is 6.01. The Labute approximate surface area is 220 Å². The van der Waals surface area contributed by atoms with Crippen LogP contribution in [0.4, 0.5) is 5.69 Å². The smallest absolute Gasteiger partial charge is 0.109 e. The van der Waals surface area contributed by atoms with Gasteiger partial charge in [0.05, 0.1) is 18.1 Å². The van der Waals surface area contributed by atoms with Crippen LogP contribution in [0.3, 0.4) is 0 Å². The Morgan fingerprint density at radius 1 is 0.857 bits per heavy atom. The van der Waals surface area contributed by atoms with Crippen molar-refractivity contribution in [3.63, 3.8) is 0 Å². The molecule has 1 radical (unpaired) electrons. The average Bonchev–Trinajstić information content (AvgIpc) is 3.38. The normalized spacial score (nSPS) is 10.6. The van der Waals surface area contributed by atoms with E-state index in [9.17, 15) is 0 Å². The maximum absolute atomic E-state index is 7.42. The fourth-order valence-corrected chi connectivity index (χ4v) is 4.26. The van der Waals surface area contributed by atoms with Crippen LogP contribution in [0.5, 0.6) is 0 Å². The summed E-state index contributed by atoms with van der Waals surface area (Å²) in [7, 11) is 0. The molecule has 0 aliphatic carbocycles. The molecular formula is C31H24IrN3-. The minimum absolute atomic E-state index is 0. The van der Waals surface area contributed by atoms with Gasteiger partial charge in [0.1, 0.15) is 5.69 Å². The van der Waals surface area contributed by atoms with Gasteiger partial charge in [0.2, 0.25) is 0 Å². The third kappa shape index (κ3) is 4.88. The zero-order valence-electron chi connectivity index (χ0n) is 19.6. The van der Waals surface area contributed by atoms with Crippen LogP contribution in [0.2, 0.25) is 0 Å². The maximum atomic E-state index is 7.42. The summed E-state index contributed by atoms with van der Waals surface area (Å²) in [4.78, 5) is 8.29. The number of benzene rings is 4. The van der Waals surface area contributed by atoms with Gasteiger partial charge in [-0.25, -0.2) is 0 Å². The molecule has 5 aromatic rings. The van der Waals surface area contributed by atoms with Gasteiger partial charge in [-0.15, -0.1) is 23.8 Å². The molecule has 0 atom stereocenters. The number of imidazole rings is 1. The van der Waals surface area contributed by atoms with Crippen LogP contribution in [-0.4, -0.2) is 9.55 Å². The monoisotopic (exact) mass is 631 g/mol. The van der Waals surface area contributed by atoms with Crippen LogP contribution in [0.15, 0.2) is 103 Å². The molecule has 1 heterocycles. The van der Waals surface area contributed by atoms with Gasteiger partial charge < -0.3 is 4.57 Å². The Bertz CT molecular complexity index is 1420. The van der Waals surface area contributed by atoms with Crippen molar-refractivity contribution >= 4 is 5.69 Å². The Balaban J connectivity index is 0.00000289. The zero-order valence-corrected chi connectivity index (χ0v) is 22.0. The summed E-state index contributed by atoms with van der Waals surface area (Å²) in [6.45, 7) is 11.9. The first-order chi connectivity index (χ1) is 16.7. The van der Waals surface area contributed by atoms with Gasteiger partial charge in [-0.05, 0) is 34.7 Å². The van der Waals surface area contributed by atoms with Crippen molar-refractivity contribution in [1.29, 1.82) is 0 Å². The number of nitrogens with zero attached hydrogens (tertiary/aromatic N) is 3. The number of hydrogen-bond donors (Lipinski definition) is 0. The summed E-state index contributed by atoms with van der Waals surface area (Å²) in [6.07, 6.45) is 3.81. The molecule has 0 amide bonds. The quantitative estimate of drug-likeness (QED) is 0.179. The van der Waals surface area contributed by atoms with E-state index in [1.807, 2.05) is 30.6 Å². The van der Waals surface area contributed by atoms with Gasteiger partial charge in [0.25, 0.3) is 0 Å². The number of hydrogen-bond acceptors (Lipinski definition) is 1. The van der Waals surface area contributed by atoms with E-state index in [0.29, 0.717) is 11.6 Å². The summed E-state index contributed by atoms with van der Waals surface area (Å²) < 4.78 is 2.13. The molecule has 0 spiro atoms. The van der Waals surface area contributed by atoms with Crippen molar-refractivity contribution in [1.82, 2.24) is 9.55 Å². The van der Waals surface area contributed by atoms with Crippen molar-refractivity contribution in [3.8, 4) is 39.3 Å². The average molecular weight is 631 g/mol. The summed E-state index contributed by atoms with van der Waals surface area (Å²) >= 11 is 0. The van der Waals surface area contributed by atoms with Gasteiger partial charge in [0, 0.05) is 43.6 Å². The fourth-order valence-electron chi connectivity index (χ4n) is 4.26. The van der Waals surface area contributed by atoms with Crippen molar-refractivity contribution in [3.05, 3.63) is 126 Å². The molecule has 3 nitrogen and oxygen atoms in total. The molecule has 0 aliphatic heterocycles. The van der Waals surface area contributed by atoms with E-state index >= 15 is 0 Å². The molecule has 1 aromatic heterocycles. The second-order valence-corrected chi connectivity index (χ2v) is 8.54. The van der Waals surface area contributed by atoms with E-state index in [-0.39, 0.29) is 20.1 Å². The van der Waals surface area contributed by atoms with E-state index in [0.717, 1.165) is 39.3 Å². The largest absolute Gasteiger partial charge is 0.339 e. The molecule has 4 heteroatoms. The van der Waals surface area contributed by atoms with E-state index < -0.39 is 0 Å². The third-order valence-corrected chi connectivity index (χ3v) is 6.01. The molecule has 0 unspecified atom stereocenters. The molecule has 0 saturated carbocycles. The van der Waals surface area contributed by atoms with Crippen molar-refractivity contribution in [2.24, 2.45) is 0 Å². The van der Waals surface area contributed by atoms with Crippen molar-refractivity contribution in [2.45, 2.75) is 19.8 Å². The minimum Gasteiger partial charge on any atom is -0.339 e. The topological polar surface area (TPSA) is 22.2 Å². The Kier molecular flexibility index (Phi) is 7.42. The summed E-state index contributed by atoms with van der Waals surface area (Å²) in [5.41, 5.74) is 8.30. The van der Waals surface area contributed by atoms with Gasteiger partial charge in [-0.2, -0.15) is 6.07 Å². The minimum atomic E-state index is 0. The number of rotatable bonds is 5. The van der Waals surface area contributed by atoms with E-state index in [1.54, 1.807) is 12.1 Å². The van der Waals surface area contributed by atoms with Crippen molar-refractivity contribution in [2.75, 3.05) is 0 Å². The molecule has 4 aromatic carbocycles. The second-order valence-electron chi connectivity index (χ2n) is 8.54. The molecule has 35 heavy (non-hydrogen) atoms. The van der Waals surface area contributed by atoms with Gasteiger partial charge in [-0.1, -0.05) is 74.5 Å². The van der Waals surface area contributed by atoms with Crippen LogP contribution < -0.4 is 0 Å². The molecule has 5 rings (SSSR count). The SMILES string of the molecule is [C-]#[N+]c1cc[c-]c(-c2nccn2-c2c(-c3ccccc3)cc(C(C)C)cc2-c2ccccc2)c1.[Ir]. The summed E-state index contributed by atoms with van der Waals surface area (Å²) in [6, 6.07) is 34.3. The summed E-state index contributed by atoms with van der Waals surface area (Å²) in [5.74, 6) is 1.14. The van der Waals surface area contributed by atoms with E-state index in [2.05, 4.69) is 90.0 Å². The standard InChI is InChI=1S/C31H24N3.Ir/c1-22(2)26-20-28(23-11-6-4-7-12-23)30(29(21-26)24-13-8-5-9-14-24)34-18-17-33-31(34)25-15-10-16-27(19-25)32-3;/h4-14,16-22H,1-2H3;/q-1;. The Morgan fingerprint density at radius 3 is 2.00 bits per heavy atom. The molecule has 0 N–H and O–H groups in total. The predicted molar refractivity (Wildman–Crippen MR) is 139 cm³/mol. The molecular weight excluding hydrogens is 607 g/mol. The summed E-state index contributed by atoms with van der Waals surface area (Å²) in [5, 5.41) is 0. The maximum Gasteiger partial charge on any atom is 0.109 e. The van der Waals surface area contributed by atoms with Gasteiger partial charge >= 0.3 is 0 Å². The van der Waals surface area contributed by atoms with Crippen LogP contribution in [0.25, 0.3) is 44.2 Å². The van der Waals surface area contributed by atoms with Crippen LogP contribution in [-0.2, 0) is 20.1 Å². The van der Waals surface area contributed by atoms with Crippen molar-refractivity contribution < 1.29 is 20.1 Å². The Morgan fingerprint density at radius 2 is 1.46 bits per heavy atom. The Hall–Kier alpha value is -3.77. The first kappa shape index (κ1) is 24.4. The first-order valence-electron chi connectivity index (χ1n) is 11.4. The molecule has 173 valence electrons. The number of aromatic nitrogens is 2. The van der Waals surface area contributed by atoms with E-state index in [4.69, 9.17) is 11.6 Å². The second kappa shape index (κ2) is 10.7. The van der Waals surface area contributed by atoms with Gasteiger partial charge in [-0.3, -0.25) is 9.83 Å². The molecule has 0 aliphatic rings. The van der Waals surface area contributed by atoms with Crippen LogP contribution in [0, 0.1) is 12.6 Å². The zero-order chi connectivity index (χ0) is 23.5. The fraction of sp³-hybridized carbons (Fsp3) is 0.0968. The van der Waals surface area contributed by atoms with Gasteiger partial charge in [0.15, 0.2) is 0 Å². The van der Waals surface area contributed by atoms with E-state index in [1.165, 1.54) is 5.56 Å². The predicted octanol–water partition coefficient (Wildman–Crippen LogP) is 8.35. The molecule has 0 bridgehead atoms.